The highest BCUT2D eigenvalue weighted by Gasteiger charge is 2.64. The Morgan fingerprint density at radius 2 is 1.82 bits per heavy atom. The second-order valence-electron chi connectivity index (χ2n) is 17.0. The van der Waals surface area contributed by atoms with Crippen molar-refractivity contribution >= 4 is 44.6 Å². The summed E-state index contributed by atoms with van der Waals surface area (Å²) in [4.78, 5) is 62.4. The van der Waals surface area contributed by atoms with E-state index in [0.717, 1.165) is 6.42 Å². The molecule has 0 bridgehead atoms. The summed E-state index contributed by atoms with van der Waals surface area (Å²) in [6.07, 6.45) is 4.20. The number of hydrogen-bond donors (Lipinski definition) is 3. The smallest absolute Gasteiger partial charge is 0.408 e. The molecule has 3 heterocycles. The number of hydrogen-bond acceptors (Lipinski definition) is 11. The molecule has 2 aliphatic carbocycles. The third-order valence-electron chi connectivity index (χ3n) is 11.4. The first kappa shape index (κ1) is 41.9. The monoisotopic (exact) mass is 815 g/mol. The molecule has 2 aromatic rings. The molecule has 57 heavy (non-hydrogen) atoms. The second-order valence-corrected chi connectivity index (χ2v) is 19.1. The number of methoxy groups -OCH3 is 2. The number of ether oxygens (including phenoxy) is 4. The number of halogens is 1. The van der Waals surface area contributed by atoms with Gasteiger partial charge in [0, 0.05) is 23.8 Å². The fourth-order valence-corrected chi connectivity index (χ4v) is 9.27. The van der Waals surface area contributed by atoms with Crippen molar-refractivity contribution < 1.29 is 50.9 Å². The van der Waals surface area contributed by atoms with E-state index >= 15 is 0 Å². The van der Waals surface area contributed by atoms with E-state index in [9.17, 15) is 32.0 Å². The minimum absolute atomic E-state index is 0.0421. The predicted molar refractivity (Wildman–Crippen MR) is 208 cm³/mol. The molecule has 0 unspecified atom stereocenters. The van der Waals surface area contributed by atoms with Crippen molar-refractivity contribution in [1.29, 1.82) is 0 Å². The van der Waals surface area contributed by atoms with E-state index in [1.54, 1.807) is 58.2 Å². The number of carbonyl (C=O) groups is 4. The number of aromatic nitrogens is 1. The normalized spacial score (nSPS) is 29.4. The minimum atomic E-state index is -4.40. The van der Waals surface area contributed by atoms with Crippen LogP contribution in [0.5, 0.6) is 17.5 Å². The molecule has 1 aromatic heterocycles. The lowest BCUT2D eigenvalue weighted by molar-refractivity contribution is -0.142. The number of nitrogens with zero attached hydrogens (tertiary/aromatic N) is 2. The molecule has 17 heteroatoms. The van der Waals surface area contributed by atoms with E-state index in [4.69, 9.17) is 18.9 Å². The summed E-state index contributed by atoms with van der Waals surface area (Å²) >= 11 is 0. The average Bonchev–Trinajstić information content (AvgIpc) is 4.05. The van der Waals surface area contributed by atoms with E-state index in [2.05, 4.69) is 20.3 Å². The molecule has 4 aliphatic rings. The molecule has 312 valence electrons. The van der Waals surface area contributed by atoms with Crippen molar-refractivity contribution in [3.8, 4) is 17.5 Å². The van der Waals surface area contributed by atoms with Gasteiger partial charge >= 0.3 is 6.09 Å². The molecule has 15 nitrogen and oxygen atoms in total. The molecule has 0 radical (unpaired) electrons. The molecule has 7 atom stereocenters. The van der Waals surface area contributed by atoms with Crippen LogP contribution in [0.3, 0.4) is 0 Å². The van der Waals surface area contributed by atoms with E-state index in [0.29, 0.717) is 29.4 Å². The van der Waals surface area contributed by atoms with Crippen molar-refractivity contribution in [2.75, 3.05) is 27.4 Å². The number of pyridine rings is 1. The lowest BCUT2D eigenvalue weighted by atomic mass is 9.88. The summed E-state index contributed by atoms with van der Waals surface area (Å²) in [6.45, 7) is 7.81. The van der Waals surface area contributed by atoms with Gasteiger partial charge in [0.05, 0.1) is 20.8 Å². The summed E-state index contributed by atoms with van der Waals surface area (Å²) in [7, 11) is -1.38. The van der Waals surface area contributed by atoms with Crippen molar-refractivity contribution in [3.63, 3.8) is 0 Å². The summed E-state index contributed by atoms with van der Waals surface area (Å²) in [5.74, 6) is -2.04. The quantitative estimate of drug-likeness (QED) is 0.306. The Kier molecular flexibility index (Phi) is 11.7. The number of allylic oxidation sites excluding steroid dienone is 1. The first-order valence-electron chi connectivity index (χ1n) is 19.4. The Labute approximate surface area is 332 Å². The van der Waals surface area contributed by atoms with Gasteiger partial charge in [0.15, 0.2) is 0 Å². The Morgan fingerprint density at radius 1 is 1.09 bits per heavy atom. The van der Waals surface area contributed by atoms with Crippen molar-refractivity contribution in [3.05, 3.63) is 36.4 Å². The van der Waals surface area contributed by atoms with Gasteiger partial charge in [0.25, 0.3) is 5.91 Å². The molecule has 6 rings (SSSR count). The molecule has 2 aliphatic heterocycles. The summed E-state index contributed by atoms with van der Waals surface area (Å²) in [6, 6.07) is 4.71. The number of sulfonamides is 1. The van der Waals surface area contributed by atoms with Gasteiger partial charge < -0.3 is 34.5 Å². The van der Waals surface area contributed by atoms with Gasteiger partial charge in [-0.05, 0) is 94.7 Å². The van der Waals surface area contributed by atoms with Gasteiger partial charge in [-0.15, -0.1) is 0 Å². The fraction of sp³-hybridized carbons (Fsp3) is 0.625. The zero-order valence-electron chi connectivity index (χ0n) is 33.6. The average molecular weight is 816 g/mol. The third kappa shape index (κ3) is 8.92. The highest BCUT2D eigenvalue weighted by Crippen LogP contribution is 2.48. The van der Waals surface area contributed by atoms with Gasteiger partial charge in [-0.2, -0.15) is 4.98 Å². The van der Waals surface area contributed by atoms with Gasteiger partial charge in [-0.3, -0.25) is 19.1 Å². The van der Waals surface area contributed by atoms with E-state index in [1.165, 1.54) is 12.0 Å². The van der Waals surface area contributed by atoms with Crippen LogP contribution in [0.25, 0.3) is 10.8 Å². The molecule has 0 spiro atoms. The maximum atomic E-state index is 14.8. The summed E-state index contributed by atoms with van der Waals surface area (Å²) in [5, 5.41) is 6.93. The van der Waals surface area contributed by atoms with Gasteiger partial charge in [0.1, 0.15) is 46.5 Å². The lowest BCUT2D eigenvalue weighted by Crippen LogP contribution is -2.59. The maximum Gasteiger partial charge on any atom is 0.408 e. The van der Waals surface area contributed by atoms with Crippen LogP contribution in [0.1, 0.15) is 79.6 Å². The predicted octanol–water partition coefficient (Wildman–Crippen LogP) is 4.33. The van der Waals surface area contributed by atoms with Crippen LogP contribution >= 0.6 is 0 Å². The van der Waals surface area contributed by atoms with Gasteiger partial charge in [0.2, 0.25) is 33.6 Å². The Morgan fingerprint density at radius 3 is 2.47 bits per heavy atom. The second kappa shape index (κ2) is 15.9. The zero-order valence-corrected chi connectivity index (χ0v) is 34.4. The molecule has 2 saturated carbocycles. The van der Waals surface area contributed by atoms with E-state index in [1.807, 2.05) is 19.9 Å². The van der Waals surface area contributed by atoms with Crippen LogP contribution in [-0.2, 0) is 29.1 Å². The number of amides is 4. The summed E-state index contributed by atoms with van der Waals surface area (Å²) in [5.41, 5.74) is -2.52. The number of alkyl carbamates (subject to hydrolysis) is 1. The van der Waals surface area contributed by atoms with Crippen LogP contribution in [0.2, 0.25) is 0 Å². The van der Waals surface area contributed by atoms with Gasteiger partial charge in [-0.25, -0.2) is 17.6 Å². The molecule has 3 fully saturated rings. The largest absolute Gasteiger partial charge is 0.497 e. The topological polar surface area (TPSA) is 192 Å². The van der Waals surface area contributed by atoms with Crippen LogP contribution in [0.15, 0.2) is 36.4 Å². The number of nitrogens with one attached hydrogen (secondary N) is 3. The Balaban J connectivity index is 1.37. The number of benzene rings is 1. The summed E-state index contributed by atoms with van der Waals surface area (Å²) < 4.78 is 63.6. The molecule has 3 N–H and O–H groups in total. The standard InChI is InChI=1S/C40H54FN5O10S/c1-23-10-8-9-11-26-20-40(26,36(49)45-57(51,52)39(22-41)14-15-39)44-33(47)30-19-28(55-34-29-13-12-27(53-6)17-25(29)18-31(42-34)54-7)21-46(30)35(48)32(24(2)16-23)43-37(50)56-38(3,4)5/h9,11-13,17-18,23-24,26,28,30,32H,8,10,14-16,19-22H2,1-7H3,(H,43,50)(H,44,47)(H,45,49)/b11-9-/t23-,24-,26-,28-,30+,32+,40-/m1/s1. The Bertz CT molecular complexity index is 2030. The SMILES string of the molecule is COc1ccc2c(O[C@@H]3C[C@H]4C(=O)N[C@]5(C(=O)NS(=O)(=O)C6(CF)CC6)C[C@H]5/C=C\CC[C@@H](C)C[C@@H](C)[C@H](NC(=O)OC(C)(C)C)C(=O)N4C3)nc(OC)cc2c1. The fourth-order valence-electron chi connectivity index (χ4n) is 7.85. The van der Waals surface area contributed by atoms with Crippen molar-refractivity contribution in [1.82, 2.24) is 25.2 Å². The highest BCUT2D eigenvalue weighted by atomic mass is 32.2. The molecule has 4 amide bonds. The first-order valence-corrected chi connectivity index (χ1v) is 20.9. The number of alkyl halides is 1. The van der Waals surface area contributed by atoms with Gasteiger partial charge in [-0.1, -0.05) is 26.0 Å². The lowest BCUT2D eigenvalue weighted by Gasteiger charge is -2.33. The highest BCUT2D eigenvalue weighted by molar-refractivity contribution is 7.91. The number of fused-ring (bicyclic) bond motifs is 3. The molecule has 1 aromatic carbocycles. The van der Waals surface area contributed by atoms with Crippen LogP contribution in [-0.4, -0.2) is 104 Å². The van der Waals surface area contributed by atoms with E-state index < -0.39 is 86.4 Å². The van der Waals surface area contributed by atoms with Crippen molar-refractivity contribution in [2.24, 2.45) is 17.8 Å². The number of rotatable bonds is 9. The zero-order chi connectivity index (χ0) is 41.5. The first-order chi connectivity index (χ1) is 26.8. The minimum Gasteiger partial charge on any atom is -0.497 e. The van der Waals surface area contributed by atoms with Crippen molar-refractivity contribution in [2.45, 2.75) is 114 Å². The van der Waals surface area contributed by atoms with Crippen LogP contribution in [0, 0.1) is 17.8 Å². The molecular weight excluding hydrogens is 762 g/mol. The van der Waals surface area contributed by atoms with Crippen LogP contribution in [0.4, 0.5) is 9.18 Å². The number of carbonyl (C=O) groups excluding carboxylic acids is 4. The Hall–Kier alpha value is -4.67. The van der Waals surface area contributed by atoms with E-state index in [-0.39, 0.29) is 49.9 Å². The van der Waals surface area contributed by atoms with Crippen LogP contribution < -0.4 is 29.6 Å². The third-order valence-corrected chi connectivity index (χ3v) is 13.5. The molecule has 1 saturated heterocycles. The maximum absolute atomic E-state index is 14.8. The molecular formula is C40H54FN5O10S.